The van der Waals surface area contributed by atoms with Crippen molar-refractivity contribution < 1.29 is 14.9 Å². The largest absolute Gasteiger partial charge is 0.395 e. The second-order valence-corrected chi connectivity index (χ2v) is 4.93. The molecule has 1 aromatic rings. The number of halogens is 1. The lowest BCUT2D eigenvalue weighted by molar-refractivity contribution is 0.0265. The molecule has 0 aliphatic carbocycles. The molecule has 5 heteroatoms. The minimum atomic E-state index is -0.576. The van der Waals surface area contributed by atoms with Gasteiger partial charge in [-0.1, -0.05) is 30.7 Å². The first-order chi connectivity index (χ1) is 9.15. The van der Waals surface area contributed by atoms with Crippen LogP contribution < -0.4 is 5.32 Å². The molecule has 1 rings (SSSR count). The Morgan fingerprint density at radius 3 is 2.58 bits per heavy atom. The fraction of sp³-hybridized carbons (Fsp3) is 0.571. The molecule has 0 spiro atoms. The molecule has 1 aromatic carbocycles. The summed E-state index contributed by atoms with van der Waals surface area (Å²) in [7, 11) is 0. The zero-order valence-corrected chi connectivity index (χ0v) is 11.9. The van der Waals surface area contributed by atoms with Gasteiger partial charge in [0.2, 0.25) is 0 Å². The summed E-state index contributed by atoms with van der Waals surface area (Å²) in [5.41, 5.74) is 1.02. The molecule has 0 saturated carbocycles. The highest BCUT2D eigenvalue weighted by Gasteiger charge is 2.08. The number of nitrogens with one attached hydrogen (secondary N) is 1. The van der Waals surface area contributed by atoms with Crippen molar-refractivity contribution in [1.29, 1.82) is 0 Å². The maximum absolute atomic E-state index is 9.72. The molecule has 0 aliphatic heterocycles. The Morgan fingerprint density at radius 2 is 2.00 bits per heavy atom. The highest BCUT2D eigenvalue weighted by atomic mass is 35.5. The maximum atomic E-state index is 9.72. The predicted octanol–water partition coefficient (Wildman–Crippen LogP) is 1.58. The van der Waals surface area contributed by atoms with Crippen molar-refractivity contribution in [2.45, 2.75) is 32.1 Å². The predicted molar refractivity (Wildman–Crippen MR) is 76.3 cm³/mol. The van der Waals surface area contributed by atoms with Crippen LogP contribution in [0.4, 0.5) is 0 Å². The number of ether oxygens (including phenoxy) is 1. The smallest absolute Gasteiger partial charge is 0.0897 e. The summed E-state index contributed by atoms with van der Waals surface area (Å²) < 4.78 is 5.43. The lowest BCUT2D eigenvalue weighted by atomic mass is 10.2. The van der Waals surface area contributed by atoms with Crippen molar-refractivity contribution in [3.05, 3.63) is 34.9 Å². The van der Waals surface area contributed by atoms with Gasteiger partial charge in [-0.05, 0) is 24.1 Å². The highest BCUT2D eigenvalue weighted by molar-refractivity contribution is 6.30. The number of rotatable bonds is 9. The Morgan fingerprint density at radius 1 is 1.32 bits per heavy atom. The van der Waals surface area contributed by atoms with Gasteiger partial charge in [0.05, 0.1) is 25.9 Å². The fourth-order valence-electron chi connectivity index (χ4n) is 1.59. The Kier molecular flexibility index (Phi) is 8.02. The third-order valence-corrected chi connectivity index (χ3v) is 3.10. The van der Waals surface area contributed by atoms with Crippen LogP contribution in [-0.2, 0) is 11.3 Å². The van der Waals surface area contributed by atoms with Crippen LogP contribution in [0, 0.1) is 0 Å². The van der Waals surface area contributed by atoms with E-state index >= 15 is 0 Å². The summed E-state index contributed by atoms with van der Waals surface area (Å²) in [6, 6.07) is 7.44. The van der Waals surface area contributed by atoms with Crippen LogP contribution in [0.3, 0.4) is 0 Å². The van der Waals surface area contributed by atoms with E-state index in [-0.39, 0.29) is 19.3 Å². The van der Waals surface area contributed by atoms with Crippen LogP contribution in [0.15, 0.2) is 24.3 Å². The van der Waals surface area contributed by atoms with E-state index in [2.05, 4.69) is 5.32 Å². The first-order valence-corrected chi connectivity index (χ1v) is 6.88. The highest BCUT2D eigenvalue weighted by Crippen LogP contribution is 2.10. The van der Waals surface area contributed by atoms with Crippen LogP contribution in [-0.4, -0.2) is 42.1 Å². The lowest BCUT2D eigenvalue weighted by Crippen LogP contribution is -2.39. The van der Waals surface area contributed by atoms with E-state index in [0.29, 0.717) is 18.2 Å². The van der Waals surface area contributed by atoms with E-state index < -0.39 is 6.10 Å². The zero-order valence-electron chi connectivity index (χ0n) is 11.2. The molecule has 0 fully saturated rings. The van der Waals surface area contributed by atoms with Crippen molar-refractivity contribution in [3.63, 3.8) is 0 Å². The van der Waals surface area contributed by atoms with Gasteiger partial charge in [0, 0.05) is 17.6 Å². The monoisotopic (exact) mass is 287 g/mol. The summed E-state index contributed by atoms with van der Waals surface area (Å²) in [4.78, 5) is 0. The van der Waals surface area contributed by atoms with Crippen molar-refractivity contribution >= 4 is 11.6 Å². The summed E-state index contributed by atoms with van der Waals surface area (Å²) in [6.45, 7) is 3.19. The third-order valence-electron chi connectivity index (χ3n) is 2.85. The Balaban J connectivity index is 2.16. The van der Waals surface area contributed by atoms with Gasteiger partial charge in [0.25, 0.3) is 0 Å². The molecule has 0 saturated heterocycles. The number of hydrogen-bond donors (Lipinski definition) is 3. The van der Waals surface area contributed by atoms with Gasteiger partial charge in [0.1, 0.15) is 0 Å². The minimum Gasteiger partial charge on any atom is -0.395 e. The standard InChI is InChI=1S/C14H22ClNO3/c1-2-13(8-17)16-7-14(18)10-19-9-11-3-5-12(15)6-4-11/h3-6,13-14,16-18H,2,7-10H2,1H3/t13-,14-/m0/s1. The van der Waals surface area contributed by atoms with Gasteiger partial charge < -0.3 is 20.3 Å². The second kappa shape index (κ2) is 9.28. The van der Waals surface area contributed by atoms with Gasteiger partial charge in [-0.15, -0.1) is 0 Å². The lowest BCUT2D eigenvalue weighted by Gasteiger charge is -2.17. The zero-order chi connectivity index (χ0) is 14.1. The fourth-order valence-corrected chi connectivity index (χ4v) is 1.72. The molecule has 3 N–H and O–H groups in total. The summed E-state index contributed by atoms with van der Waals surface area (Å²) in [6.07, 6.45) is 0.252. The van der Waals surface area contributed by atoms with Crippen LogP contribution in [0.1, 0.15) is 18.9 Å². The van der Waals surface area contributed by atoms with Crippen LogP contribution in [0.25, 0.3) is 0 Å². The van der Waals surface area contributed by atoms with E-state index in [1.165, 1.54) is 0 Å². The van der Waals surface area contributed by atoms with E-state index in [9.17, 15) is 5.11 Å². The maximum Gasteiger partial charge on any atom is 0.0897 e. The topological polar surface area (TPSA) is 61.7 Å². The molecular formula is C14H22ClNO3. The summed E-state index contributed by atoms with van der Waals surface area (Å²) >= 11 is 5.78. The van der Waals surface area contributed by atoms with Crippen LogP contribution in [0.2, 0.25) is 5.02 Å². The van der Waals surface area contributed by atoms with Gasteiger partial charge in [0.15, 0.2) is 0 Å². The molecule has 0 amide bonds. The third kappa shape index (κ3) is 6.89. The van der Waals surface area contributed by atoms with Gasteiger partial charge in [-0.2, -0.15) is 0 Å². The number of aliphatic hydroxyl groups excluding tert-OH is 2. The summed E-state index contributed by atoms with van der Waals surface area (Å²) in [5, 5.41) is 22.5. The minimum absolute atomic E-state index is 0.0333. The normalized spacial score (nSPS) is 14.3. The molecule has 2 atom stereocenters. The first-order valence-electron chi connectivity index (χ1n) is 6.50. The van der Waals surface area contributed by atoms with Crippen LogP contribution in [0.5, 0.6) is 0 Å². The Bertz CT molecular complexity index is 341. The molecule has 0 heterocycles. The van der Waals surface area contributed by atoms with Crippen molar-refractivity contribution in [2.24, 2.45) is 0 Å². The number of hydrogen-bond acceptors (Lipinski definition) is 4. The molecule has 19 heavy (non-hydrogen) atoms. The molecular weight excluding hydrogens is 266 g/mol. The molecule has 0 aromatic heterocycles. The van der Waals surface area contributed by atoms with Gasteiger partial charge in [-0.25, -0.2) is 0 Å². The van der Waals surface area contributed by atoms with Gasteiger partial charge >= 0.3 is 0 Å². The SMILES string of the molecule is CC[C@@H](CO)NC[C@H](O)COCc1ccc(Cl)cc1. The van der Waals surface area contributed by atoms with E-state index in [4.69, 9.17) is 21.4 Å². The van der Waals surface area contributed by atoms with E-state index in [1.807, 2.05) is 31.2 Å². The summed E-state index contributed by atoms with van der Waals surface area (Å²) in [5.74, 6) is 0. The van der Waals surface area contributed by atoms with Gasteiger partial charge in [-0.3, -0.25) is 0 Å². The number of benzene rings is 1. The molecule has 0 unspecified atom stereocenters. The van der Waals surface area contributed by atoms with Crippen molar-refractivity contribution in [2.75, 3.05) is 19.8 Å². The number of aliphatic hydroxyl groups is 2. The molecule has 0 bridgehead atoms. The Hall–Kier alpha value is -0.650. The van der Waals surface area contributed by atoms with E-state index in [1.54, 1.807) is 0 Å². The second-order valence-electron chi connectivity index (χ2n) is 4.49. The quantitative estimate of drug-likeness (QED) is 0.645. The molecule has 0 radical (unpaired) electrons. The molecule has 108 valence electrons. The van der Waals surface area contributed by atoms with E-state index in [0.717, 1.165) is 12.0 Å². The van der Waals surface area contributed by atoms with Crippen molar-refractivity contribution in [1.82, 2.24) is 5.32 Å². The molecule has 4 nitrogen and oxygen atoms in total. The molecule has 0 aliphatic rings. The Labute approximate surface area is 119 Å². The first kappa shape index (κ1) is 16.4. The van der Waals surface area contributed by atoms with Crippen LogP contribution >= 0.6 is 11.6 Å². The van der Waals surface area contributed by atoms with Crippen molar-refractivity contribution in [3.8, 4) is 0 Å². The average molecular weight is 288 g/mol. The average Bonchev–Trinajstić information content (AvgIpc) is 2.42.